The Bertz CT molecular complexity index is 556. The van der Waals surface area contributed by atoms with Crippen LogP contribution in [0, 0.1) is 23.6 Å². The van der Waals surface area contributed by atoms with Gasteiger partial charge in [0.25, 0.3) is 5.91 Å². The zero-order valence-corrected chi connectivity index (χ0v) is 12.0. The average Bonchev–Trinajstić information content (AvgIpc) is 3.29. The third-order valence-electron chi connectivity index (χ3n) is 3.46. The topological polar surface area (TPSA) is 49.3 Å². The molecule has 0 aromatic heterocycles. The van der Waals surface area contributed by atoms with E-state index in [0.717, 1.165) is 18.8 Å². The largest absolute Gasteiger partial charge is 0.395 e. The maximum absolute atomic E-state index is 13.8. The molecule has 0 atom stereocenters. The highest BCUT2D eigenvalue weighted by atomic mass is 19.1. The Morgan fingerprint density at radius 1 is 1.43 bits per heavy atom. The summed E-state index contributed by atoms with van der Waals surface area (Å²) in [7, 11) is 0. The van der Waals surface area contributed by atoms with Gasteiger partial charge in [-0.15, -0.1) is 0 Å². The first-order chi connectivity index (χ1) is 10.2. The van der Waals surface area contributed by atoms with Crippen molar-refractivity contribution in [1.82, 2.24) is 5.32 Å². The van der Waals surface area contributed by atoms with Crippen molar-refractivity contribution in [1.29, 1.82) is 0 Å². The first-order valence-electron chi connectivity index (χ1n) is 7.38. The Morgan fingerprint density at radius 3 is 2.90 bits per heavy atom. The smallest absolute Gasteiger partial charge is 0.251 e. The number of carbonyl (C=O) groups excluding carboxylic acids is 1. The molecule has 1 aromatic rings. The number of aliphatic hydroxyl groups is 1. The maximum Gasteiger partial charge on any atom is 0.251 e. The lowest BCUT2D eigenvalue weighted by atomic mass is 10.1. The van der Waals surface area contributed by atoms with E-state index in [1.54, 1.807) is 6.07 Å². The second kappa shape index (κ2) is 7.80. The van der Waals surface area contributed by atoms with Gasteiger partial charge in [0.2, 0.25) is 0 Å². The van der Waals surface area contributed by atoms with Gasteiger partial charge in [-0.3, -0.25) is 4.79 Å². The molecular formula is C17H20FNO2. The molecule has 2 N–H and O–H groups in total. The molecule has 4 heteroatoms. The van der Waals surface area contributed by atoms with Gasteiger partial charge in [0.1, 0.15) is 5.82 Å². The highest BCUT2D eigenvalue weighted by Gasteiger charge is 2.20. The van der Waals surface area contributed by atoms with Gasteiger partial charge in [0.15, 0.2) is 0 Å². The van der Waals surface area contributed by atoms with Gasteiger partial charge in [-0.1, -0.05) is 24.7 Å². The molecule has 1 aliphatic carbocycles. The number of aliphatic hydroxyl groups excluding tert-OH is 1. The van der Waals surface area contributed by atoms with E-state index in [1.165, 1.54) is 25.0 Å². The number of halogens is 1. The number of hydrogen-bond acceptors (Lipinski definition) is 2. The summed E-state index contributed by atoms with van der Waals surface area (Å²) in [5.41, 5.74) is 0.556. The van der Waals surface area contributed by atoms with E-state index in [9.17, 15) is 9.18 Å². The van der Waals surface area contributed by atoms with Crippen LogP contribution in [0.15, 0.2) is 18.2 Å². The van der Waals surface area contributed by atoms with Crippen molar-refractivity contribution < 1.29 is 14.3 Å². The number of nitrogens with one attached hydrogen (secondary N) is 1. The van der Waals surface area contributed by atoms with Crippen molar-refractivity contribution in [3.8, 4) is 11.8 Å². The van der Waals surface area contributed by atoms with Crippen molar-refractivity contribution in [2.24, 2.45) is 5.92 Å². The Labute approximate surface area is 124 Å². The standard InChI is InChI=1S/C17H20FNO2/c18-16-12-15(9-8-14(16)5-1-2-11-20)17(21)19-10-3-4-13-6-7-13/h8-9,12-13,20H,2-4,6-7,10-11H2,(H,19,21). The number of benzene rings is 1. The van der Waals surface area contributed by atoms with E-state index in [-0.39, 0.29) is 18.1 Å². The summed E-state index contributed by atoms with van der Waals surface area (Å²) in [4.78, 5) is 11.9. The van der Waals surface area contributed by atoms with Crippen LogP contribution in [0.1, 0.15) is 48.0 Å². The van der Waals surface area contributed by atoms with Gasteiger partial charge in [-0.25, -0.2) is 4.39 Å². The fraction of sp³-hybridized carbons (Fsp3) is 0.471. The van der Waals surface area contributed by atoms with Crippen LogP contribution >= 0.6 is 0 Å². The number of amides is 1. The van der Waals surface area contributed by atoms with Crippen LogP contribution in [0.3, 0.4) is 0 Å². The minimum Gasteiger partial charge on any atom is -0.395 e. The monoisotopic (exact) mass is 289 g/mol. The minimum atomic E-state index is -0.508. The van der Waals surface area contributed by atoms with E-state index in [4.69, 9.17) is 5.11 Å². The molecule has 21 heavy (non-hydrogen) atoms. The lowest BCUT2D eigenvalue weighted by molar-refractivity contribution is 0.0952. The highest BCUT2D eigenvalue weighted by molar-refractivity contribution is 5.94. The highest BCUT2D eigenvalue weighted by Crippen LogP contribution is 2.33. The number of rotatable bonds is 6. The Balaban J connectivity index is 1.85. The van der Waals surface area contributed by atoms with Crippen molar-refractivity contribution in [3.05, 3.63) is 35.1 Å². The molecular weight excluding hydrogens is 269 g/mol. The van der Waals surface area contributed by atoms with E-state index in [2.05, 4.69) is 17.2 Å². The molecule has 0 radical (unpaired) electrons. The lowest BCUT2D eigenvalue weighted by Crippen LogP contribution is -2.24. The predicted octanol–water partition coefficient (Wildman–Crippen LogP) is 2.48. The van der Waals surface area contributed by atoms with Crippen LogP contribution < -0.4 is 5.32 Å². The maximum atomic E-state index is 13.8. The summed E-state index contributed by atoms with van der Waals surface area (Å²) < 4.78 is 13.8. The molecule has 1 fully saturated rings. The van der Waals surface area contributed by atoms with Crippen LogP contribution in [-0.2, 0) is 0 Å². The van der Waals surface area contributed by atoms with Gasteiger partial charge in [-0.2, -0.15) is 0 Å². The van der Waals surface area contributed by atoms with E-state index < -0.39 is 5.82 Å². The van der Waals surface area contributed by atoms with Crippen LogP contribution in [0.2, 0.25) is 0 Å². The third-order valence-corrected chi connectivity index (χ3v) is 3.46. The van der Waals surface area contributed by atoms with Crippen molar-refractivity contribution in [2.45, 2.75) is 32.1 Å². The van der Waals surface area contributed by atoms with E-state index in [1.807, 2.05) is 0 Å². The molecule has 0 spiro atoms. The molecule has 1 amide bonds. The normalized spacial score (nSPS) is 13.4. The molecule has 1 aliphatic rings. The molecule has 0 bridgehead atoms. The van der Waals surface area contributed by atoms with Gasteiger partial charge < -0.3 is 10.4 Å². The fourth-order valence-electron chi connectivity index (χ4n) is 2.07. The van der Waals surface area contributed by atoms with Crippen LogP contribution in [-0.4, -0.2) is 24.2 Å². The molecule has 112 valence electrons. The molecule has 3 nitrogen and oxygen atoms in total. The summed E-state index contributed by atoms with van der Waals surface area (Å²) in [6.45, 7) is 0.588. The van der Waals surface area contributed by atoms with Crippen LogP contribution in [0.5, 0.6) is 0 Å². The lowest BCUT2D eigenvalue weighted by Gasteiger charge is -2.05. The zero-order chi connectivity index (χ0) is 15.1. The molecule has 2 rings (SSSR count). The number of hydrogen-bond donors (Lipinski definition) is 2. The van der Waals surface area contributed by atoms with Crippen molar-refractivity contribution in [2.75, 3.05) is 13.2 Å². The number of carbonyl (C=O) groups is 1. The molecule has 0 heterocycles. The van der Waals surface area contributed by atoms with E-state index in [0.29, 0.717) is 18.5 Å². The van der Waals surface area contributed by atoms with Gasteiger partial charge in [0, 0.05) is 18.5 Å². The quantitative estimate of drug-likeness (QED) is 0.624. The molecule has 0 aliphatic heterocycles. The van der Waals surface area contributed by atoms with Crippen molar-refractivity contribution in [3.63, 3.8) is 0 Å². The second-order valence-corrected chi connectivity index (χ2v) is 5.31. The first-order valence-corrected chi connectivity index (χ1v) is 7.38. The first kappa shape index (κ1) is 15.5. The molecule has 0 saturated heterocycles. The zero-order valence-electron chi connectivity index (χ0n) is 12.0. The summed E-state index contributed by atoms with van der Waals surface area (Å²) in [6, 6.07) is 4.28. The molecule has 0 unspecified atom stereocenters. The van der Waals surface area contributed by atoms with Gasteiger partial charge >= 0.3 is 0 Å². The van der Waals surface area contributed by atoms with Crippen LogP contribution in [0.25, 0.3) is 0 Å². The Hall–Kier alpha value is -1.86. The SMILES string of the molecule is O=C(NCCCC1CC1)c1ccc(C#CCCO)c(F)c1. The summed E-state index contributed by atoms with van der Waals surface area (Å²) >= 11 is 0. The summed E-state index contributed by atoms with van der Waals surface area (Å²) in [5, 5.41) is 11.4. The predicted molar refractivity (Wildman–Crippen MR) is 79.3 cm³/mol. The second-order valence-electron chi connectivity index (χ2n) is 5.31. The van der Waals surface area contributed by atoms with Gasteiger partial charge in [-0.05, 0) is 37.0 Å². The van der Waals surface area contributed by atoms with Crippen molar-refractivity contribution >= 4 is 5.91 Å². The minimum absolute atomic E-state index is 0.0457. The molecule has 1 saturated carbocycles. The van der Waals surface area contributed by atoms with E-state index >= 15 is 0 Å². The summed E-state index contributed by atoms with van der Waals surface area (Å²) in [5.74, 6) is 5.39. The van der Waals surface area contributed by atoms with Gasteiger partial charge in [0.05, 0.1) is 12.2 Å². The molecule has 1 aromatic carbocycles. The Kier molecular flexibility index (Phi) is 5.77. The fourth-order valence-corrected chi connectivity index (χ4v) is 2.07. The average molecular weight is 289 g/mol. The Morgan fingerprint density at radius 2 is 2.24 bits per heavy atom. The third kappa shape index (κ3) is 5.20. The summed E-state index contributed by atoms with van der Waals surface area (Å²) in [6.07, 6.45) is 5.08. The van der Waals surface area contributed by atoms with Crippen LogP contribution in [0.4, 0.5) is 4.39 Å².